The number of hydrogen-bond acceptors (Lipinski definition) is 6. The molecule has 1 saturated heterocycles. The standard InChI is InChI=1S/C24H24N6O4/c1-34-23-18(5-4-12-26-23)30-21-17(20(27-30)22(25)32)11-14-29(24(21)33)16-9-7-15(8-10-16)28-13-3-2-6-19(28)31/h4-5,7-10,12H,2-3,6,11,13-14H2,1H3,(H2,25,32). The van der Waals surface area contributed by atoms with Crippen molar-refractivity contribution in [1.29, 1.82) is 0 Å². The molecule has 5 rings (SSSR count). The Balaban J connectivity index is 1.52. The second kappa shape index (κ2) is 8.62. The lowest BCUT2D eigenvalue weighted by Crippen LogP contribution is -2.39. The van der Waals surface area contributed by atoms with Crippen LogP contribution in [0.25, 0.3) is 5.69 Å². The fourth-order valence-electron chi connectivity index (χ4n) is 4.57. The van der Waals surface area contributed by atoms with Gasteiger partial charge in [0, 0.05) is 42.6 Å². The third-order valence-electron chi connectivity index (χ3n) is 6.22. The molecule has 0 aliphatic carbocycles. The van der Waals surface area contributed by atoms with E-state index in [9.17, 15) is 14.4 Å². The molecule has 3 amide bonds. The third kappa shape index (κ3) is 3.57. The van der Waals surface area contributed by atoms with E-state index in [2.05, 4.69) is 10.1 Å². The Morgan fingerprint density at radius 2 is 1.74 bits per heavy atom. The van der Waals surface area contributed by atoms with Crippen molar-refractivity contribution in [3.05, 3.63) is 59.5 Å². The minimum atomic E-state index is -0.699. The molecule has 0 atom stereocenters. The Labute approximate surface area is 195 Å². The molecule has 2 N–H and O–H groups in total. The van der Waals surface area contributed by atoms with Gasteiger partial charge in [-0.2, -0.15) is 5.10 Å². The number of hydrogen-bond donors (Lipinski definition) is 1. The predicted octanol–water partition coefficient (Wildman–Crippen LogP) is 2.09. The zero-order chi connectivity index (χ0) is 23.8. The summed E-state index contributed by atoms with van der Waals surface area (Å²) in [5.41, 5.74) is 8.34. The molecule has 0 saturated carbocycles. The Morgan fingerprint density at radius 1 is 1.00 bits per heavy atom. The number of nitrogens with two attached hydrogens (primary N) is 1. The first-order chi connectivity index (χ1) is 16.5. The van der Waals surface area contributed by atoms with Gasteiger partial charge in [0.05, 0.1) is 7.11 Å². The number of aromatic nitrogens is 3. The molecule has 174 valence electrons. The van der Waals surface area contributed by atoms with E-state index < -0.39 is 5.91 Å². The van der Waals surface area contributed by atoms with Crippen molar-refractivity contribution in [1.82, 2.24) is 14.8 Å². The molecule has 10 heteroatoms. The van der Waals surface area contributed by atoms with Gasteiger partial charge in [0.15, 0.2) is 5.69 Å². The summed E-state index contributed by atoms with van der Waals surface area (Å²) < 4.78 is 6.73. The predicted molar refractivity (Wildman–Crippen MR) is 124 cm³/mol. The summed E-state index contributed by atoms with van der Waals surface area (Å²) >= 11 is 0. The molecule has 0 spiro atoms. The molecule has 2 aromatic heterocycles. The van der Waals surface area contributed by atoms with Crippen LogP contribution in [0.1, 0.15) is 45.8 Å². The largest absolute Gasteiger partial charge is 0.479 e. The maximum atomic E-state index is 13.7. The lowest BCUT2D eigenvalue weighted by Gasteiger charge is -2.29. The third-order valence-corrected chi connectivity index (χ3v) is 6.22. The number of methoxy groups -OCH3 is 1. The summed E-state index contributed by atoms with van der Waals surface area (Å²) in [7, 11) is 1.47. The summed E-state index contributed by atoms with van der Waals surface area (Å²) in [4.78, 5) is 45.6. The molecule has 1 aromatic carbocycles. The average Bonchev–Trinajstić information content (AvgIpc) is 3.25. The molecular weight excluding hydrogens is 436 g/mol. The number of pyridine rings is 1. The summed E-state index contributed by atoms with van der Waals surface area (Å²) in [6, 6.07) is 10.8. The van der Waals surface area contributed by atoms with Crippen LogP contribution in [-0.4, -0.2) is 52.7 Å². The Morgan fingerprint density at radius 3 is 2.41 bits per heavy atom. The molecular formula is C24H24N6O4. The lowest BCUT2D eigenvalue weighted by molar-refractivity contribution is -0.119. The van der Waals surface area contributed by atoms with E-state index in [0.29, 0.717) is 42.9 Å². The fourth-order valence-corrected chi connectivity index (χ4v) is 4.57. The SMILES string of the molecule is COc1ncccc1-n1nc(C(N)=O)c2c1C(=O)N(c1ccc(N3CCCCC3=O)cc1)CC2. The molecule has 2 aliphatic rings. The summed E-state index contributed by atoms with van der Waals surface area (Å²) in [5.74, 6) is -0.626. The van der Waals surface area contributed by atoms with Gasteiger partial charge in [0.25, 0.3) is 11.8 Å². The molecule has 10 nitrogen and oxygen atoms in total. The quantitative estimate of drug-likeness (QED) is 0.622. The smallest absolute Gasteiger partial charge is 0.277 e. The highest BCUT2D eigenvalue weighted by Crippen LogP contribution is 2.32. The number of anilines is 2. The normalized spacial score (nSPS) is 15.9. The Kier molecular flexibility index (Phi) is 5.48. The van der Waals surface area contributed by atoms with Gasteiger partial charge in [-0.1, -0.05) is 0 Å². The molecule has 0 bridgehead atoms. The number of carbonyl (C=O) groups is 3. The van der Waals surface area contributed by atoms with Crippen LogP contribution in [0.4, 0.5) is 11.4 Å². The van der Waals surface area contributed by atoms with Crippen molar-refractivity contribution < 1.29 is 19.1 Å². The minimum absolute atomic E-state index is 0.0628. The van der Waals surface area contributed by atoms with E-state index in [0.717, 1.165) is 18.5 Å². The van der Waals surface area contributed by atoms with Crippen LogP contribution in [-0.2, 0) is 11.2 Å². The number of rotatable bonds is 5. The number of fused-ring (bicyclic) bond motifs is 1. The van der Waals surface area contributed by atoms with Gasteiger partial charge in [-0.3, -0.25) is 14.4 Å². The van der Waals surface area contributed by atoms with Gasteiger partial charge < -0.3 is 20.3 Å². The van der Waals surface area contributed by atoms with Gasteiger partial charge in [-0.25, -0.2) is 9.67 Å². The molecule has 0 radical (unpaired) electrons. The Hall–Kier alpha value is -4.21. The van der Waals surface area contributed by atoms with Crippen molar-refractivity contribution in [3.63, 3.8) is 0 Å². The number of amides is 3. The van der Waals surface area contributed by atoms with Crippen molar-refractivity contribution in [2.45, 2.75) is 25.7 Å². The van der Waals surface area contributed by atoms with E-state index in [-0.39, 0.29) is 29.1 Å². The molecule has 4 heterocycles. The van der Waals surface area contributed by atoms with E-state index in [1.807, 2.05) is 24.3 Å². The van der Waals surface area contributed by atoms with Gasteiger partial charge in [0.1, 0.15) is 11.4 Å². The number of piperidine rings is 1. The second-order valence-electron chi connectivity index (χ2n) is 8.21. The van der Waals surface area contributed by atoms with E-state index in [1.54, 1.807) is 28.1 Å². The first-order valence-electron chi connectivity index (χ1n) is 11.1. The summed E-state index contributed by atoms with van der Waals surface area (Å²) in [5, 5.41) is 4.36. The van der Waals surface area contributed by atoms with Gasteiger partial charge in [0.2, 0.25) is 11.8 Å². The zero-order valence-corrected chi connectivity index (χ0v) is 18.7. The molecule has 1 fully saturated rings. The highest BCUT2D eigenvalue weighted by atomic mass is 16.5. The first-order valence-corrected chi connectivity index (χ1v) is 11.1. The van der Waals surface area contributed by atoms with Gasteiger partial charge in [-0.05, 0) is 55.7 Å². The first kappa shape index (κ1) is 21.6. The maximum absolute atomic E-state index is 13.7. The van der Waals surface area contributed by atoms with E-state index >= 15 is 0 Å². The van der Waals surface area contributed by atoms with Crippen LogP contribution in [0, 0.1) is 0 Å². The van der Waals surface area contributed by atoms with Crippen LogP contribution in [0.5, 0.6) is 5.88 Å². The van der Waals surface area contributed by atoms with Crippen molar-refractivity contribution in [2.75, 3.05) is 30.0 Å². The topological polar surface area (TPSA) is 124 Å². The number of primary amides is 1. The zero-order valence-electron chi connectivity index (χ0n) is 18.7. The summed E-state index contributed by atoms with van der Waals surface area (Å²) in [6.07, 6.45) is 4.43. The molecule has 0 unspecified atom stereocenters. The molecule has 3 aromatic rings. The van der Waals surface area contributed by atoms with Crippen LogP contribution in [0.2, 0.25) is 0 Å². The maximum Gasteiger partial charge on any atom is 0.277 e. The minimum Gasteiger partial charge on any atom is -0.479 e. The van der Waals surface area contributed by atoms with Crippen molar-refractivity contribution in [3.8, 4) is 11.6 Å². The van der Waals surface area contributed by atoms with Gasteiger partial charge >= 0.3 is 0 Å². The number of nitrogens with zero attached hydrogens (tertiary/aromatic N) is 5. The van der Waals surface area contributed by atoms with Crippen molar-refractivity contribution in [2.24, 2.45) is 5.73 Å². The molecule has 34 heavy (non-hydrogen) atoms. The monoisotopic (exact) mass is 460 g/mol. The fraction of sp³-hybridized carbons (Fsp3) is 0.292. The van der Waals surface area contributed by atoms with E-state index in [1.165, 1.54) is 11.8 Å². The Bertz CT molecular complexity index is 1280. The highest BCUT2D eigenvalue weighted by molar-refractivity contribution is 6.09. The van der Waals surface area contributed by atoms with Crippen LogP contribution < -0.4 is 20.3 Å². The number of ether oxygens (including phenoxy) is 1. The highest BCUT2D eigenvalue weighted by Gasteiger charge is 2.35. The molecule has 2 aliphatic heterocycles. The van der Waals surface area contributed by atoms with Gasteiger partial charge in [-0.15, -0.1) is 0 Å². The van der Waals surface area contributed by atoms with Crippen LogP contribution in [0.3, 0.4) is 0 Å². The van der Waals surface area contributed by atoms with E-state index in [4.69, 9.17) is 10.5 Å². The van der Waals surface area contributed by atoms with Crippen LogP contribution >= 0.6 is 0 Å². The number of carbonyl (C=O) groups excluding carboxylic acids is 3. The second-order valence-corrected chi connectivity index (χ2v) is 8.21. The summed E-state index contributed by atoms with van der Waals surface area (Å²) in [6.45, 7) is 1.07. The van der Waals surface area contributed by atoms with Crippen LogP contribution in [0.15, 0.2) is 42.6 Å². The lowest BCUT2D eigenvalue weighted by atomic mass is 10.0. The number of benzene rings is 1. The van der Waals surface area contributed by atoms with Crippen molar-refractivity contribution >= 4 is 29.1 Å². The average molecular weight is 460 g/mol.